The van der Waals surface area contributed by atoms with Crippen molar-refractivity contribution in [2.75, 3.05) is 0 Å². The summed E-state index contributed by atoms with van der Waals surface area (Å²) in [6.07, 6.45) is 3.10. The van der Waals surface area contributed by atoms with Gasteiger partial charge in [0.05, 0.1) is 0 Å². The molecule has 1 rings (SSSR count). The maximum Gasteiger partial charge on any atom is 0.320 e. The van der Waals surface area contributed by atoms with E-state index in [1.54, 1.807) is 0 Å². The fourth-order valence-corrected chi connectivity index (χ4v) is 1.87. The van der Waals surface area contributed by atoms with Gasteiger partial charge in [0.1, 0.15) is 6.04 Å². The Morgan fingerprint density at radius 3 is 2.75 bits per heavy atom. The molecular formula is C9H17NO2. The number of carboxylic acid groups (broad SMARTS) is 1. The van der Waals surface area contributed by atoms with Crippen molar-refractivity contribution in [3.8, 4) is 0 Å². The van der Waals surface area contributed by atoms with E-state index in [2.05, 4.69) is 12.2 Å². The molecule has 1 fully saturated rings. The lowest BCUT2D eigenvalue weighted by Gasteiger charge is -2.32. The van der Waals surface area contributed by atoms with Gasteiger partial charge in [0.25, 0.3) is 0 Å². The molecule has 0 amide bonds. The first-order valence-corrected chi connectivity index (χ1v) is 4.64. The summed E-state index contributed by atoms with van der Waals surface area (Å²) in [6.45, 7) is 4.10. The average Bonchev–Trinajstić information content (AvgIpc) is 2.04. The predicted octanol–water partition coefficient (Wildman–Crippen LogP) is 1.24. The average molecular weight is 171 g/mol. The third-order valence-electron chi connectivity index (χ3n) is 2.70. The molecular weight excluding hydrogens is 154 g/mol. The second-order valence-electron chi connectivity index (χ2n) is 3.63. The Labute approximate surface area is 73.2 Å². The molecule has 0 radical (unpaired) electrons. The lowest BCUT2D eigenvalue weighted by atomic mass is 9.86. The summed E-state index contributed by atoms with van der Waals surface area (Å²) in [5.41, 5.74) is 0. The molecule has 2 N–H and O–H groups in total. The molecule has 1 aliphatic heterocycles. The highest BCUT2D eigenvalue weighted by atomic mass is 16.4. The van der Waals surface area contributed by atoms with Crippen LogP contribution >= 0.6 is 0 Å². The van der Waals surface area contributed by atoms with Gasteiger partial charge in [-0.05, 0) is 25.7 Å². The van der Waals surface area contributed by atoms with Crippen LogP contribution in [0.3, 0.4) is 0 Å². The molecule has 0 spiro atoms. The van der Waals surface area contributed by atoms with E-state index in [-0.39, 0.29) is 6.04 Å². The normalized spacial score (nSPS) is 36.3. The van der Waals surface area contributed by atoms with E-state index in [9.17, 15) is 4.79 Å². The van der Waals surface area contributed by atoms with Gasteiger partial charge in [-0.15, -0.1) is 0 Å². The van der Waals surface area contributed by atoms with Gasteiger partial charge in [0, 0.05) is 6.04 Å². The van der Waals surface area contributed by atoms with Crippen LogP contribution in [-0.2, 0) is 4.79 Å². The number of rotatable bonds is 2. The number of carboxylic acids is 1. The van der Waals surface area contributed by atoms with Crippen LogP contribution in [0.1, 0.15) is 33.1 Å². The summed E-state index contributed by atoms with van der Waals surface area (Å²) in [6, 6.07) is 0.0349. The molecule has 3 heteroatoms. The summed E-state index contributed by atoms with van der Waals surface area (Å²) >= 11 is 0. The molecule has 1 saturated heterocycles. The number of nitrogens with one attached hydrogen (secondary N) is 1. The van der Waals surface area contributed by atoms with Crippen LogP contribution < -0.4 is 5.32 Å². The zero-order valence-electron chi connectivity index (χ0n) is 7.71. The predicted molar refractivity (Wildman–Crippen MR) is 47.0 cm³/mol. The van der Waals surface area contributed by atoms with E-state index in [4.69, 9.17) is 5.11 Å². The lowest BCUT2D eigenvalue weighted by molar-refractivity contribution is -0.142. The van der Waals surface area contributed by atoms with Crippen molar-refractivity contribution in [2.24, 2.45) is 5.92 Å². The number of hydrogen-bond donors (Lipinski definition) is 2. The molecule has 1 aliphatic rings. The van der Waals surface area contributed by atoms with Crippen molar-refractivity contribution in [3.63, 3.8) is 0 Å². The fourth-order valence-electron chi connectivity index (χ4n) is 1.87. The molecule has 3 unspecified atom stereocenters. The number of piperidine rings is 1. The zero-order chi connectivity index (χ0) is 9.14. The Morgan fingerprint density at radius 2 is 2.25 bits per heavy atom. The first kappa shape index (κ1) is 9.52. The highest BCUT2D eigenvalue weighted by Crippen LogP contribution is 2.22. The van der Waals surface area contributed by atoms with Gasteiger partial charge in [-0.25, -0.2) is 0 Å². The third kappa shape index (κ3) is 1.97. The fraction of sp³-hybridized carbons (Fsp3) is 0.889. The minimum absolute atomic E-state index is 0.318. The van der Waals surface area contributed by atoms with E-state index in [1.807, 2.05) is 6.92 Å². The Morgan fingerprint density at radius 1 is 1.58 bits per heavy atom. The van der Waals surface area contributed by atoms with Crippen LogP contribution in [0.25, 0.3) is 0 Å². The second kappa shape index (κ2) is 3.90. The molecule has 0 bridgehead atoms. The molecule has 0 aromatic heterocycles. The highest BCUT2D eigenvalue weighted by Gasteiger charge is 2.31. The van der Waals surface area contributed by atoms with Crippen molar-refractivity contribution in [2.45, 2.75) is 45.2 Å². The van der Waals surface area contributed by atoms with Crippen molar-refractivity contribution >= 4 is 5.97 Å². The van der Waals surface area contributed by atoms with Crippen LogP contribution in [0.4, 0.5) is 0 Å². The largest absolute Gasteiger partial charge is 0.480 e. The molecule has 3 atom stereocenters. The number of hydrogen-bond acceptors (Lipinski definition) is 2. The Kier molecular flexibility index (Phi) is 3.09. The summed E-state index contributed by atoms with van der Waals surface area (Å²) in [5.74, 6) is -0.382. The van der Waals surface area contributed by atoms with E-state index in [0.29, 0.717) is 12.0 Å². The van der Waals surface area contributed by atoms with Crippen molar-refractivity contribution in [3.05, 3.63) is 0 Å². The number of carbonyl (C=O) groups is 1. The zero-order valence-corrected chi connectivity index (χ0v) is 7.71. The van der Waals surface area contributed by atoms with Crippen molar-refractivity contribution in [1.29, 1.82) is 0 Å². The summed E-state index contributed by atoms with van der Waals surface area (Å²) < 4.78 is 0. The molecule has 12 heavy (non-hydrogen) atoms. The smallest absolute Gasteiger partial charge is 0.320 e. The molecule has 0 saturated carbocycles. The van der Waals surface area contributed by atoms with Crippen LogP contribution in [0.5, 0.6) is 0 Å². The Balaban J connectivity index is 2.58. The summed E-state index contributed by atoms with van der Waals surface area (Å²) in [5, 5.41) is 12.0. The van der Waals surface area contributed by atoms with Crippen molar-refractivity contribution < 1.29 is 9.90 Å². The van der Waals surface area contributed by atoms with Gasteiger partial charge < -0.3 is 10.4 Å². The Hall–Kier alpha value is -0.570. The van der Waals surface area contributed by atoms with Crippen molar-refractivity contribution in [1.82, 2.24) is 5.32 Å². The van der Waals surface area contributed by atoms with Gasteiger partial charge in [-0.2, -0.15) is 0 Å². The standard InChI is InChI=1S/C9H17NO2/c1-3-7-5-4-6(2)10-8(7)9(11)12/h6-8,10H,3-5H2,1-2H3,(H,11,12). The van der Waals surface area contributed by atoms with E-state index in [0.717, 1.165) is 19.3 Å². The molecule has 0 aromatic carbocycles. The minimum Gasteiger partial charge on any atom is -0.480 e. The minimum atomic E-state index is -0.701. The molecule has 3 nitrogen and oxygen atoms in total. The highest BCUT2D eigenvalue weighted by molar-refractivity contribution is 5.74. The monoisotopic (exact) mass is 171 g/mol. The first-order valence-electron chi connectivity index (χ1n) is 4.64. The first-order chi connectivity index (χ1) is 5.65. The van der Waals surface area contributed by atoms with Crippen LogP contribution in [0.15, 0.2) is 0 Å². The van der Waals surface area contributed by atoms with Crippen LogP contribution in [-0.4, -0.2) is 23.2 Å². The molecule has 1 heterocycles. The third-order valence-corrected chi connectivity index (χ3v) is 2.70. The van der Waals surface area contributed by atoms with E-state index in [1.165, 1.54) is 0 Å². The van der Waals surface area contributed by atoms with Crippen LogP contribution in [0, 0.1) is 5.92 Å². The quantitative estimate of drug-likeness (QED) is 0.657. The number of aliphatic carboxylic acids is 1. The molecule has 70 valence electrons. The summed E-state index contributed by atoms with van der Waals surface area (Å²) in [4.78, 5) is 10.8. The Bertz CT molecular complexity index is 170. The maximum atomic E-state index is 10.8. The summed E-state index contributed by atoms with van der Waals surface area (Å²) in [7, 11) is 0. The van der Waals surface area contributed by atoms with Gasteiger partial charge in [-0.1, -0.05) is 13.3 Å². The second-order valence-corrected chi connectivity index (χ2v) is 3.63. The van der Waals surface area contributed by atoms with Gasteiger partial charge in [0.2, 0.25) is 0 Å². The SMILES string of the molecule is CCC1CCC(C)NC1C(=O)O. The van der Waals surface area contributed by atoms with Gasteiger partial charge >= 0.3 is 5.97 Å². The van der Waals surface area contributed by atoms with E-state index >= 15 is 0 Å². The molecule has 0 aliphatic carbocycles. The topological polar surface area (TPSA) is 49.3 Å². The molecule has 0 aromatic rings. The van der Waals surface area contributed by atoms with E-state index < -0.39 is 5.97 Å². The lowest BCUT2D eigenvalue weighted by Crippen LogP contribution is -2.50. The van der Waals surface area contributed by atoms with Gasteiger partial charge in [-0.3, -0.25) is 4.79 Å². The maximum absolute atomic E-state index is 10.8. The van der Waals surface area contributed by atoms with Gasteiger partial charge in [0.15, 0.2) is 0 Å². The van der Waals surface area contributed by atoms with Crippen LogP contribution in [0.2, 0.25) is 0 Å².